The van der Waals surface area contributed by atoms with Gasteiger partial charge in [0.1, 0.15) is 0 Å². The summed E-state index contributed by atoms with van der Waals surface area (Å²) in [4.78, 5) is 1.05. The van der Waals surface area contributed by atoms with E-state index in [1.54, 1.807) is 0 Å². The minimum atomic E-state index is -4.87. The molecule has 1 aromatic carbocycles. The second kappa shape index (κ2) is 5.47. The lowest BCUT2D eigenvalue weighted by Gasteiger charge is -2.11. The number of hydrogen-bond acceptors (Lipinski definition) is 3. The van der Waals surface area contributed by atoms with Crippen molar-refractivity contribution in [3.63, 3.8) is 0 Å². The Morgan fingerprint density at radius 3 is 2.56 bits per heavy atom. The molecule has 0 aliphatic rings. The van der Waals surface area contributed by atoms with Crippen molar-refractivity contribution in [2.45, 2.75) is 17.1 Å². The third-order valence-corrected chi connectivity index (χ3v) is 3.16. The molecule has 0 unspecified atom stereocenters. The summed E-state index contributed by atoms with van der Waals surface area (Å²) in [6.07, 6.45) is 0.300. The Kier molecular flexibility index (Phi) is 3.95. The largest absolute Gasteiger partial charge is 0.499 e. The van der Waals surface area contributed by atoms with Crippen molar-refractivity contribution in [3.05, 3.63) is 42.2 Å². The minimum absolute atomic E-state index is 0.509. The molecule has 0 bridgehead atoms. The first-order chi connectivity index (χ1) is 8.53. The molecule has 2 aromatic rings. The Balaban J connectivity index is 1.91. The molecule has 1 aromatic heterocycles. The molecule has 96 valence electrons. The van der Waals surface area contributed by atoms with Crippen LogP contribution in [-0.4, -0.2) is 22.0 Å². The third kappa shape index (κ3) is 4.10. The highest BCUT2D eigenvalue weighted by molar-refractivity contribution is 7.98. The van der Waals surface area contributed by atoms with E-state index in [-0.39, 0.29) is 0 Å². The van der Waals surface area contributed by atoms with E-state index in [1.807, 2.05) is 30.3 Å². The highest BCUT2D eigenvalue weighted by Crippen LogP contribution is 2.21. The summed E-state index contributed by atoms with van der Waals surface area (Å²) in [6, 6.07) is 9.60. The second-order valence-electron chi connectivity index (χ2n) is 3.74. The maximum atomic E-state index is 12.2. The molecule has 8 heteroatoms. The van der Waals surface area contributed by atoms with Crippen molar-refractivity contribution in [2.75, 3.05) is 0 Å². The van der Waals surface area contributed by atoms with Crippen LogP contribution in [0.3, 0.4) is 0 Å². The molecular weight excluding hydrogens is 262 g/mol. The molecule has 3 nitrogen and oxygen atoms in total. The van der Waals surface area contributed by atoms with Crippen molar-refractivity contribution in [1.29, 1.82) is 0 Å². The molecule has 0 fully saturated rings. The van der Waals surface area contributed by atoms with E-state index in [0.29, 0.717) is 11.4 Å². The molecule has 1 heterocycles. The highest BCUT2D eigenvalue weighted by atomic mass is 32.2. The number of benzene rings is 1. The lowest BCUT2D eigenvalue weighted by atomic mass is 9.93. The minimum Gasteiger partial charge on any atom is -0.448 e. The average molecular weight is 272 g/mol. The van der Waals surface area contributed by atoms with Crippen LogP contribution in [-0.2, 0) is 12.2 Å². The van der Waals surface area contributed by atoms with Crippen LogP contribution >= 0.6 is 11.8 Å². The predicted molar refractivity (Wildman–Crippen MR) is 65.1 cm³/mol. The highest BCUT2D eigenvalue weighted by Gasteiger charge is 2.24. The molecule has 0 saturated carbocycles. The maximum absolute atomic E-state index is 12.2. The van der Waals surface area contributed by atoms with Gasteiger partial charge in [0.05, 0.1) is 5.69 Å². The number of rotatable bonds is 5. The molecule has 0 amide bonds. The molecule has 2 rings (SSSR count). The van der Waals surface area contributed by atoms with Gasteiger partial charge in [0.15, 0.2) is 0 Å². The summed E-state index contributed by atoms with van der Waals surface area (Å²) in [5, 5.41) is 7.18. The van der Waals surface area contributed by atoms with Crippen molar-refractivity contribution < 1.29 is 12.9 Å². The Bertz CT molecular complexity index is 501. The van der Waals surface area contributed by atoms with E-state index in [0.717, 1.165) is 9.58 Å². The predicted octanol–water partition coefficient (Wildman–Crippen LogP) is 2.96. The molecule has 18 heavy (non-hydrogen) atoms. The van der Waals surface area contributed by atoms with Gasteiger partial charge in [0.2, 0.25) is 0 Å². The zero-order valence-electron chi connectivity index (χ0n) is 9.34. The van der Waals surface area contributed by atoms with E-state index >= 15 is 0 Å². The van der Waals surface area contributed by atoms with E-state index in [9.17, 15) is 12.9 Å². The van der Waals surface area contributed by atoms with Crippen LogP contribution in [0.4, 0.5) is 12.9 Å². The Morgan fingerprint density at radius 1 is 1.17 bits per heavy atom. The average Bonchev–Trinajstić information content (AvgIpc) is 2.73. The lowest BCUT2D eigenvalue weighted by molar-refractivity contribution is 0.433. The van der Waals surface area contributed by atoms with Gasteiger partial charge in [0, 0.05) is 23.3 Å². The quantitative estimate of drug-likeness (QED) is 0.619. The van der Waals surface area contributed by atoms with Crippen LogP contribution in [0.5, 0.6) is 0 Å². The molecule has 0 atom stereocenters. The van der Waals surface area contributed by atoms with Crippen LogP contribution in [0.2, 0.25) is 0 Å². The number of aromatic nitrogens is 3. The fourth-order valence-electron chi connectivity index (χ4n) is 1.38. The fraction of sp³-hybridized carbons (Fsp3) is 0.200. The van der Waals surface area contributed by atoms with Crippen LogP contribution in [0.15, 0.2) is 41.4 Å². The maximum Gasteiger partial charge on any atom is 0.499 e. The molecule has 0 aliphatic carbocycles. The Hall–Kier alpha value is -1.44. The van der Waals surface area contributed by atoms with Gasteiger partial charge in [0.25, 0.3) is 0 Å². The zero-order valence-corrected chi connectivity index (χ0v) is 10.2. The summed E-state index contributed by atoms with van der Waals surface area (Å²) in [5.41, 5.74) is 0.545. The standard InChI is InChI=1S/C10H10BF3N3S/c12-11(13,14)8-17-6-9(15-16-17)7-18-10-4-2-1-3-5-10/h1-6H,7-8H2/q-1. The topological polar surface area (TPSA) is 30.7 Å². The summed E-state index contributed by atoms with van der Waals surface area (Å²) in [6.45, 7) is -4.87. The first-order valence-corrected chi connectivity index (χ1v) is 6.29. The first kappa shape index (κ1) is 13.0. The normalized spacial score (nSPS) is 11.7. The number of nitrogens with zero attached hydrogens (tertiary/aromatic N) is 3. The van der Waals surface area contributed by atoms with Crippen molar-refractivity contribution >= 4 is 18.7 Å². The first-order valence-electron chi connectivity index (χ1n) is 5.31. The molecule has 0 spiro atoms. The van der Waals surface area contributed by atoms with Gasteiger partial charge in [-0.2, -0.15) is 0 Å². The zero-order chi connectivity index (χ0) is 13.0. The SMILES string of the molecule is F[B-](F)(F)Cn1cc(CSc2ccccc2)nn1. The number of halogens is 3. The monoisotopic (exact) mass is 272 g/mol. The van der Waals surface area contributed by atoms with Gasteiger partial charge >= 0.3 is 6.98 Å². The van der Waals surface area contributed by atoms with Crippen molar-refractivity contribution in [1.82, 2.24) is 15.0 Å². The van der Waals surface area contributed by atoms with E-state index < -0.39 is 13.4 Å². The van der Waals surface area contributed by atoms with Gasteiger partial charge in [-0.05, 0) is 12.1 Å². The second-order valence-corrected chi connectivity index (χ2v) is 4.79. The van der Waals surface area contributed by atoms with Crippen molar-refractivity contribution in [3.8, 4) is 0 Å². The van der Waals surface area contributed by atoms with E-state index in [2.05, 4.69) is 10.3 Å². The van der Waals surface area contributed by atoms with Crippen LogP contribution < -0.4 is 0 Å². The molecule has 0 N–H and O–H groups in total. The summed E-state index contributed by atoms with van der Waals surface area (Å²) in [7, 11) is 0. The molecule has 0 saturated heterocycles. The molecule has 0 radical (unpaired) electrons. The van der Waals surface area contributed by atoms with E-state index in [1.165, 1.54) is 18.0 Å². The summed E-state index contributed by atoms with van der Waals surface area (Å²) >= 11 is 1.51. The lowest BCUT2D eigenvalue weighted by Crippen LogP contribution is -2.24. The third-order valence-electron chi connectivity index (χ3n) is 2.11. The van der Waals surface area contributed by atoms with Gasteiger partial charge in [-0.1, -0.05) is 23.4 Å². The molecular formula is C10H10BF3N3S-. The Labute approximate surface area is 106 Å². The van der Waals surface area contributed by atoms with Gasteiger partial charge in [-0.3, -0.25) is 4.68 Å². The van der Waals surface area contributed by atoms with Crippen LogP contribution in [0.25, 0.3) is 0 Å². The van der Waals surface area contributed by atoms with Crippen LogP contribution in [0.1, 0.15) is 5.69 Å². The van der Waals surface area contributed by atoms with Gasteiger partial charge in [-0.15, -0.1) is 16.9 Å². The summed E-state index contributed by atoms with van der Waals surface area (Å²) < 4.78 is 37.3. The van der Waals surface area contributed by atoms with Crippen molar-refractivity contribution in [2.24, 2.45) is 0 Å². The Morgan fingerprint density at radius 2 is 1.89 bits per heavy atom. The van der Waals surface area contributed by atoms with Gasteiger partial charge < -0.3 is 12.9 Å². The molecule has 0 aliphatic heterocycles. The fourth-order valence-corrected chi connectivity index (χ4v) is 2.18. The number of hydrogen-bond donors (Lipinski definition) is 0. The van der Waals surface area contributed by atoms with Crippen LogP contribution in [0, 0.1) is 0 Å². The van der Waals surface area contributed by atoms with E-state index in [4.69, 9.17) is 0 Å². The summed E-state index contributed by atoms with van der Waals surface area (Å²) in [5.74, 6) is 0.509. The van der Waals surface area contributed by atoms with Gasteiger partial charge in [-0.25, -0.2) is 0 Å². The smallest absolute Gasteiger partial charge is 0.448 e. The number of thioether (sulfide) groups is 1.